The highest BCUT2D eigenvalue weighted by molar-refractivity contribution is 5.65. The number of carboxylic acid groups (broad SMARTS) is 1. The maximum Gasteiger partial charge on any atom is 0.407 e. The molecule has 1 aliphatic heterocycles. The van der Waals surface area contributed by atoms with Crippen molar-refractivity contribution in [2.45, 2.75) is 18.8 Å². The molecule has 0 radical (unpaired) electrons. The summed E-state index contributed by atoms with van der Waals surface area (Å²) in [5, 5.41) is 9.03. The number of pyridine rings is 1. The monoisotopic (exact) mass is 302 g/mol. The molecule has 0 saturated carbocycles. The van der Waals surface area contributed by atoms with Crippen molar-refractivity contribution in [3.05, 3.63) is 36.5 Å². The van der Waals surface area contributed by atoms with Gasteiger partial charge in [0.05, 0.1) is 25.3 Å². The number of rotatable bonds is 3. The molecular formula is C15H18N4O3. The second-order valence-electron chi connectivity index (χ2n) is 5.29. The van der Waals surface area contributed by atoms with Gasteiger partial charge in [0.2, 0.25) is 5.88 Å². The fourth-order valence-corrected chi connectivity index (χ4v) is 2.83. The lowest BCUT2D eigenvalue weighted by Gasteiger charge is -2.30. The van der Waals surface area contributed by atoms with E-state index in [2.05, 4.69) is 9.97 Å². The Morgan fingerprint density at radius 1 is 1.32 bits per heavy atom. The van der Waals surface area contributed by atoms with Crippen molar-refractivity contribution >= 4 is 6.09 Å². The molecule has 0 aliphatic carbocycles. The third-order valence-electron chi connectivity index (χ3n) is 4.06. The number of amides is 1. The van der Waals surface area contributed by atoms with E-state index < -0.39 is 6.09 Å². The van der Waals surface area contributed by atoms with Crippen molar-refractivity contribution < 1.29 is 14.6 Å². The molecule has 1 amide bonds. The van der Waals surface area contributed by atoms with Gasteiger partial charge in [0.25, 0.3) is 0 Å². The van der Waals surface area contributed by atoms with Crippen LogP contribution in [0.5, 0.6) is 5.88 Å². The van der Waals surface area contributed by atoms with Crippen LogP contribution in [0.4, 0.5) is 4.79 Å². The van der Waals surface area contributed by atoms with E-state index in [1.54, 1.807) is 19.6 Å². The highest BCUT2D eigenvalue weighted by Gasteiger charge is 2.25. The van der Waals surface area contributed by atoms with Crippen LogP contribution in [0.25, 0.3) is 5.69 Å². The van der Waals surface area contributed by atoms with Crippen molar-refractivity contribution in [1.29, 1.82) is 0 Å². The van der Waals surface area contributed by atoms with Crippen molar-refractivity contribution in [2.24, 2.45) is 0 Å². The third-order valence-corrected chi connectivity index (χ3v) is 4.06. The van der Waals surface area contributed by atoms with Gasteiger partial charge in [0.1, 0.15) is 0 Å². The average Bonchev–Trinajstić information content (AvgIpc) is 3.04. The van der Waals surface area contributed by atoms with E-state index >= 15 is 0 Å². The fraction of sp³-hybridized carbons (Fsp3) is 0.400. The summed E-state index contributed by atoms with van der Waals surface area (Å²) in [6.07, 6.45) is 6.14. The summed E-state index contributed by atoms with van der Waals surface area (Å²) in [6.45, 7) is 1.12. The molecule has 116 valence electrons. The second kappa shape index (κ2) is 6.05. The molecule has 22 heavy (non-hydrogen) atoms. The largest absolute Gasteiger partial charge is 0.481 e. The van der Waals surface area contributed by atoms with Crippen molar-refractivity contribution in [3.8, 4) is 11.6 Å². The average molecular weight is 302 g/mol. The zero-order chi connectivity index (χ0) is 15.5. The summed E-state index contributed by atoms with van der Waals surface area (Å²) in [4.78, 5) is 20.9. The number of ether oxygens (including phenoxy) is 1. The first kappa shape index (κ1) is 14.4. The smallest absolute Gasteiger partial charge is 0.407 e. The van der Waals surface area contributed by atoms with Crippen LogP contribution in [0, 0.1) is 0 Å². The van der Waals surface area contributed by atoms with E-state index in [-0.39, 0.29) is 0 Å². The number of hydrogen-bond acceptors (Lipinski definition) is 4. The normalized spacial score (nSPS) is 15.8. The molecule has 2 aromatic heterocycles. The molecule has 1 N–H and O–H groups in total. The van der Waals surface area contributed by atoms with Crippen LogP contribution >= 0.6 is 0 Å². The van der Waals surface area contributed by atoms with E-state index in [9.17, 15) is 4.79 Å². The Labute approximate surface area is 128 Å². The van der Waals surface area contributed by atoms with Crippen LogP contribution in [0.15, 0.2) is 30.9 Å². The minimum Gasteiger partial charge on any atom is -0.481 e. The van der Waals surface area contributed by atoms with E-state index in [1.165, 1.54) is 4.90 Å². The zero-order valence-electron chi connectivity index (χ0n) is 12.3. The number of aromatic nitrogens is 3. The summed E-state index contributed by atoms with van der Waals surface area (Å²) < 4.78 is 7.08. The van der Waals surface area contributed by atoms with Crippen LogP contribution in [-0.4, -0.2) is 50.8 Å². The van der Waals surface area contributed by atoms with Gasteiger partial charge in [-0.15, -0.1) is 0 Å². The van der Waals surface area contributed by atoms with Crippen LogP contribution in [0.2, 0.25) is 0 Å². The molecule has 3 rings (SSSR count). The number of imidazole rings is 1. The maximum absolute atomic E-state index is 11.0. The number of carbonyl (C=O) groups is 1. The van der Waals surface area contributed by atoms with Gasteiger partial charge in [0, 0.05) is 37.0 Å². The van der Waals surface area contributed by atoms with Gasteiger partial charge in [-0.05, 0) is 18.9 Å². The summed E-state index contributed by atoms with van der Waals surface area (Å²) >= 11 is 0. The second-order valence-corrected chi connectivity index (χ2v) is 5.29. The molecule has 2 aromatic rings. The predicted octanol–water partition coefficient (Wildman–Crippen LogP) is 2.13. The standard InChI is InChI=1S/C15H18N4O3/c1-22-14-3-2-12(8-17-14)19-10-16-9-13(19)11-4-6-18(7-5-11)15(20)21/h2-3,8-11H,4-7H2,1H3,(H,20,21). The predicted molar refractivity (Wildman–Crippen MR) is 79.5 cm³/mol. The molecule has 0 unspecified atom stereocenters. The number of nitrogens with zero attached hydrogens (tertiary/aromatic N) is 4. The molecule has 7 heteroatoms. The van der Waals surface area contributed by atoms with Gasteiger partial charge >= 0.3 is 6.09 Å². The van der Waals surface area contributed by atoms with E-state index in [0.29, 0.717) is 24.9 Å². The molecular weight excluding hydrogens is 284 g/mol. The van der Waals surface area contributed by atoms with Gasteiger partial charge in [-0.3, -0.25) is 0 Å². The lowest BCUT2D eigenvalue weighted by atomic mass is 9.94. The summed E-state index contributed by atoms with van der Waals surface area (Å²) in [5.41, 5.74) is 2.02. The van der Waals surface area contributed by atoms with Crippen molar-refractivity contribution in [1.82, 2.24) is 19.4 Å². The quantitative estimate of drug-likeness (QED) is 0.939. The van der Waals surface area contributed by atoms with Crippen molar-refractivity contribution in [3.63, 3.8) is 0 Å². The van der Waals surface area contributed by atoms with Crippen LogP contribution in [-0.2, 0) is 0 Å². The molecule has 7 nitrogen and oxygen atoms in total. The Balaban J connectivity index is 1.79. The van der Waals surface area contributed by atoms with E-state index in [4.69, 9.17) is 9.84 Å². The molecule has 0 bridgehead atoms. The Morgan fingerprint density at radius 3 is 2.68 bits per heavy atom. The number of piperidine rings is 1. The van der Waals surface area contributed by atoms with Gasteiger partial charge in [0.15, 0.2) is 0 Å². The topological polar surface area (TPSA) is 80.5 Å². The lowest BCUT2D eigenvalue weighted by Crippen LogP contribution is -2.37. The molecule has 1 fully saturated rings. The van der Waals surface area contributed by atoms with Gasteiger partial charge in [-0.1, -0.05) is 0 Å². The van der Waals surface area contributed by atoms with Crippen molar-refractivity contribution in [2.75, 3.05) is 20.2 Å². The summed E-state index contributed by atoms with van der Waals surface area (Å²) in [7, 11) is 1.58. The van der Waals surface area contributed by atoms with E-state index in [0.717, 1.165) is 24.2 Å². The van der Waals surface area contributed by atoms with Gasteiger partial charge in [-0.2, -0.15) is 0 Å². The first-order valence-electron chi connectivity index (χ1n) is 7.19. The first-order valence-corrected chi connectivity index (χ1v) is 7.19. The van der Waals surface area contributed by atoms with Gasteiger partial charge in [-0.25, -0.2) is 14.8 Å². The molecule has 0 aromatic carbocycles. The molecule has 0 atom stereocenters. The number of likely N-dealkylation sites (tertiary alicyclic amines) is 1. The number of methoxy groups -OCH3 is 1. The summed E-state index contributed by atoms with van der Waals surface area (Å²) in [6, 6.07) is 3.75. The molecule has 3 heterocycles. The fourth-order valence-electron chi connectivity index (χ4n) is 2.83. The molecule has 0 spiro atoms. The zero-order valence-corrected chi connectivity index (χ0v) is 12.3. The highest BCUT2D eigenvalue weighted by Crippen LogP contribution is 2.29. The summed E-state index contributed by atoms with van der Waals surface area (Å²) in [5.74, 6) is 0.875. The Hall–Kier alpha value is -2.57. The Kier molecular flexibility index (Phi) is 3.95. The highest BCUT2D eigenvalue weighted by atomic mass is 16.5. The number of hydrogen-bond donors (Lipinski definition) is 1. The van der Waals surface area contributed by atoms with Crippen LogP contribution < -0.4 is 4.74 Å². The first-order chi connectivity index (χ1) is 10.7. The molecule has 1 saturated heterocycles. The minimum atomic E-state index is -0.841. The Bertz CT molecular complexity index is 645. The minimum absolute atomic E-state index is 0.306. The third kappa shape index (κ3) is 2.74. The Morgan fingerprint density at radius 2 is 2.09 bits per heavy atom. The van der Waals surface area contributed by atoms with Crippen LogP contribution in [0.1, 0.15) is 24.5 Å². The van der Waals surface area contributed by atoms with Crippen LogP contribution in [0.3, 0.4) is 0 Å². The SMILES string of the molecule is COc1ccc(-n2cncc2C2CCN(C(=O)O)CC2)cn1. The van der Waals surface area contributed by atoms with E-state index in [1.807, 2.05) is 22.9 Å². The maximum atomic E-state index is 11.0. The van der Waals surface area contributed by atoms with Gasteiger partial charge < -0.3 is 19.3 Å². The lowest BCUT2D eigenvalue weighted by molar-refractivity contribution is 0.131. The molecule has 1 aliphatic rings.